The first-order valence-electron chi connectivity index (χ1n) is 8.51. The van der Waals surface area contributed by atoms with Gasteiger partial charge in [-0.1, -0.05) is 71.9 Å². The SMILES string of the molecule is Cc1ccccc1/C(=C(\CCl)c1ccccc1)n1nnc2ccccc21. The summed E-state index contributed by atoms with van der Waals surface area (Å²) in [5, 5.41) is 8.80. The third-order valence-corrected chi connectivity index (χ3v) is 4.77. The van der Waals surface area contributed by atoms with Crippen molar-refractivity contribution in [2.75, 3.05) is 5.88 Å². The number of nitrogens with zero attached hydrogens (tertiary/aromatic N) is 3. The number of aryl methyl sites for hydroxylation is 1. The third kappa shape index (κ3) is 2.91. The number of halogens is 1. The minimum atomic E-state index is 0.377. The summed E-state index contributed by atoms with van der Waals surface area (Å²) in [5.74, 6) is 0.377. The van der Waals surface area contributed by atoms with Crippen molar-refractivity contribution in [3.8, 4) is 0 Å². The molecule has 0 radical (unpaired) electrons. The van der Waals surface area contributed by atoms with Crippen LogP contribution >= 0.6 is 11.6 Å². The fraction of sp³-hybridized carbons (Fsp3) is 0.0909. The molecule has 0 N–H and O–H groups in total. The first kappa shape index (κ1) is 16.6. The van der Waals surface area contributed by atoms with Gasteiger partial charge in [0.25, 0.3) is 0 Å². The summed E-state index contributed by atoms with van der Waals surface area (Å²) in [5.41, 5.74) is 7.17. The molecule has 0 amide bonds. The van der Waals surface area contributed by atoms with Crippen LogP contribution in [-0.2, 0) is 0 Å². The second-order valence-corrected chi connectivity index (χ2v) is 6.40. The third-order valence-electron chi connectivity index (χ3n) is 4.51. The Morgan fingerprint density at radius 2 is 1.58 bits per heavy atom. The Morgan fingerprint density at radius 1 is 0.885 bits per heavy atom. The van der Waals surface area contributed by atoms with Gasteiger partial charge in [-0.15, -0.1) is 16.7 Å². The molecule has 3 nitrogen and oxygen atoms in total. The monoisotopic (exact) mass is 359 g/mol. The van der Waals surface area contributed by atoms with E-state index in [1.807, 2.05) is 59.3 Å². The summed E-state index contributed by atoms with van der Waals surface area (Å²) in [6.45, 7) is 2.10. The van der Waals surface area contributed by atoms with Crippen LogP contribution in [0.3, 0.4) is 0 Å². The van der Waals surface area contributed by atoms with E-state index in [0.29, 0.717) is 5.88 Å². The van der Waals surface area contributed by atoms with E-state index in [4.69, 9.17) is 11.6 Å². The van der Waals surface area contributed by atoms with Gasteiger partial charge in [-0.05, 0) is 30.2 Å². The predicted molar refractivity (Wildman–Crippen MR) is 108 cm³/mol. The van der Waals surface area contributed by atoms with E-state index < -0.39 is 0 Å². The molecule has 0 saturated carbocycles. The summed E-state index contributed by atoms with van der Waals surface area (Å²) in [6.07, 6.45) is 0. The second kappa shape index (κ2) is 7.14. The molecule has 0 aliphatic rings. The lowest BCUT2D eigenvalue weighted by Crippen LogP contribution is -2.07. The van der Waals surface area contributed by atoms with Gasteiger partial charge in [0.2, 0.25) is 0 Å². The molecule has 4 aromatic rings. The first-order chi connectivity index (χ1) is 12.8. The maximum Gasteiger partial charge on any atom is 0.113 e. The van der Waals surface area contributed by atoms with Crippen LogP contribution in [0.25, 0.3) is 22.3 Å². The number of para-hydroxylation sites is 1. The van der Waals surface area contributed by atoms with Crippen molar-refractivity contribution < 1.29 is 0 Å². The highest BCUT2D eigenvalue weighted by atomic mass is 35.5. The average molecular weight is 360 g/mol. The Labute approximate surface area is 157 Å². The molecule has 3 aromatic carbocycles. The van der Waals surface area contributed by atoms with E-state index >= 15 is 0 Å². The molecular formula is C22H18ClN3. The van der Waals surface area contributed by atoms with E-state index in [-0.39, 0.29) is 0 Å². The molecule has 0 aliphatic carbocycles. The lowest BCUT2D eigenvalue weighted by Gasteiger charge is -2.17. The zero-order chi connectivity index (χ0) is 17.9. The van der Waals surface area contributed by atoms with Crippen molar-refractivity contribution in [2.24, 2.45) is 0 Å². The van der Waals surface area contributed by atoms with Gasteiger partial charge >= 0.3 is 0 Å². The number of fused-ring (bicyclic) bond motifs is 1. The van der Waals surface area contributed by atoms with Gasteiger partial charge < -0.3 is 0 Å². The first-order valence-corrected chi connectivity index (χ1v) is 9.04. The molecule has 0 saturated heterocycles. The van der Waals surface area contributed by atoms with Crippen LogP contribution in [0, 0.1) is 6.92 Å². The number of allylic oxidation sites excluding steroid dienone is 1. The molecule has 0 unspecified atom stereocenters. The second-order valence-electron chi connectivity index (χ2n) is 6.13. The molecular weight excluding hydrogens is 342 g/mol. The van der Waals surface area contributed by atoms with Gasteiger partial charge in [-0.25, -0.2) is 4.68 Å². The van der Waals surface area contributed by atoms with Crippen molar-refractivity contribution in [2.45, 2.75) is 6.92 Å². The molecule has 128 valence electrons. The van der Waals surface area contributed by atoms with Crippen LogP contribution in [0.5, 0.6) is 0 Å². The summed E-state index contributed by atoms with van der Waals surface area (Å²) in [4.78, 5) is 0. The highest BCUT2D eigenvalue weighted by molar-refractivity contribution is 6.25. The van der Waals surface area contributed by atoms with E-state index in [1.54, 1.807) is 0 Å². The van der Waals surface area contributed by atoms with Crippen LogP contribution in [0.1, 0.15) is 16.7 Å². The summed E-state index contributed by atoms with van der Waals surface area (Å²) in [7, 11) is 0. The molecule has 0 aliphatic heterocycles. The van der Waals surface area contributed by atoms with E-state index in [0.717, 1.165) is 33.4 Å². The Balaban J connectivity index is 2.08. The van der Waals surface area contributed by atoms with Gasteiger partial charge in [0, 0.05) is 11.1 Å². The molecule has 0 atom stereocenters. The Hall–Kier alpha value is -2.91. The molecule has 1 heterocycles. The minimum Gasteiger partial charge on any atom is -0.212 e. The summed E-state index contributed by atoms with van der Waals surface area (Å²) in [6, 6.07) is 26.5. The Morgan fingerprint density at radius 3 is 2.35 bits per heavy atom. The molecule has 0 fully saturated rings. The van der Waals surface area contributed by atoms with Gasteiger partial charge in [-0.3, -0.25) is 0 Å². The lowest BCUT2D eigenvalue weighted by molar-refractivity contribution is 0.840. The highest BCUT2D eigenvalue weighted by Gasteiger charge is 2.18. The summed E-state index contributed by atoms with van der Waals surface area (Å²) < 4.78 is 1.91. The largest absolute Gasteiger partial charge is 0.212 e. The van der Waals surface area contributed by atoms with Crippen LogP contribution in [0.2, 0.25) is 0 Å². The van der Waals surface area contributed by atoms with Gasteiger partial charge in [0.15, 0.2) is 0 Å². The fourth-order valence-electron chi connectivity index (χ4n) is 3.19. The van der Waals surface area contributed by atoms with Crippen molar-refractivity contribution in [1.82, 2.24) is 15.0 Å². The van der Waals surface area contributed by atoms with Gasteiger partial charge in [-0.2, -0.15) is 0 Å². The number of rotatable bonds is 4. The molecule has 26 heavy (non-hydrogen) atoms. The van der Waals surface area contributed by atoms with Crippen LogP contribution in [0.15, 0.2) is 78.9 Å². The smallest absolute Gasteiger partial charge is 0.113 e. The van der Waals surface area contributed by atoms with Crippen LogP contribution in [-0.4, -0.2) is 20.9 Å². The number of alkyl halides is 1. The number of aromatic nitrogens is 3. The predicted octanol–water partition coefficient (Wildman–Crippen LogP) is 5.40. The van der Waals surface area contributed by atoms with Gasteiger partial charge in [0.1, 0.15) is 5.52 Å². The topological polar surface area (TPSA) is 30.7 Å². The minimum absolute atomic E-state index is 0.377. The lowest BCUT2D eigenvalue weighted by atomic mass is 9.97. The number of hydrogen-bond donors (Lipinski definition) is 0. The maximum atomic E-state index is 6.45. The Kier molecular flexibility index (Phi) is 4.55. The summed E-state index contributed by atoms with van der Waals surface area (Å²) >= 11 is 6.45. The molecule has 4 rings (SSSR count). The number of hydrogen-bond acceptors (Lipinski definition) is 2. The Bertz CT molecular complexity index is 1080. The van der Waals surface area contributed by atoms with Crippen LogP contribution < -0.4 is 0 Å². The normalized spacial score (nSPS) is 12.2. The van der Waals surface area contributed by atoms with Crippen molar-refractivity contribution in [1.29, 1.82) is 0 Å². The molecule has 0 bridgehead atoms. The van der Waals surface area contributed by atoms with Crippen LogP contribution in [0.4, 0.5) is 0 Å². The zero-order valence-corrected chi connectivity index (χ0v) is 15.2. The quantitative estimate of drug-likeness (QED) is 0.361. The standard InChI is InChI=1S/C22H18ClN3/c1-16-9-5-6-12-18(16)22(19(15-23)17-10-3-2-4-11-17)26-21-14-8-7-13-20(21)24-25-26/h2-14H,15H2,1H3/b22-19-. The van der Waals surface area contributed by atoms with Crippen molar-refractivity contribution >= 4 is 33.9 Å². The van der Waals surface area contributed by atoms with E-state index in [9.17, 15) is 0 Å². The van der Waals surface area contributed by atoms with Crippen molar-refractivity contribution in [3.05, 3.63) is 95.6 Å². The maximum absolute atomic E-state index is 6.45. The fourth-order valence-corrected chi connectivity index (χ4v) is 3.47. The van der Waals surface area contributed by atoms with Gasteiger partial charge in [0.05, 0.1) is 17.1 Å². The van der Waals surface area contributed by atoms with E-state index in [1.165, 1.54) is 5.56 Å². The molecule has 4 heteroatoms. The zero-order valence-electron chi connectivity index (χ0n) is 14.4. The highest BCUT2D eigenvalue weighted by Crippen LogP contribution is 2.32. The number of benzene rings is 3. The molecule has 1 aromatic heterocycles. The molecule has 0 spiro atoms. The van der Waals surface area contributed by atoms with E-state index in [2.05, 4.69) is 41.5 Å². The van der Waals surface area contributed by atoms with Crippen molar-refractivity contribution in [3.63, 3.8) is 0 Å². The average Bonchev–Trinajstić information content (AvgIpc) is 3.11.